The highest BCUT2D eigenvalue weighted by atomic mass is 19.4. The Morgan fingerprint density at radius 2 is 2.09 bits per heavy atom. The van der Waals surface area contributed by atoms with Crippen LogP contribution in [-0.4, -0.2) is 55.0 Å². The van der Waals surface area contributed by atoms with Gasteiger partial charge in [0.2, 0.25) is 0 Å². The third-order valence-corrected chi connectivity index (χ3v) is 6.41. The summed E-state index contributed by atoms with van der Waals surface area (Å²) in [6.07, 6.45) is -0.222. The first-order valence-corrected chi connectivity index (χ1v) is 10.5. The Kier molecular flexibility index (Phi) is 5.05. The number of alkyl halides is 3. The Labute approximate surface area is 186 Å². The lowest BCUT2D eigenvalue weighted by atomic mass is 9.75. The molecule has 0 saturated carbocycles. The number of rotatable bonds is 5. The monoisotopic (exact) mass is 461 g/mol. The van der Waals surface area contributed by atoms with Crippen LogP contribution in [0.2, 0.25) is 0 Å². The minimum atomic E-state index is -4.64. The Morgan fingerprint density at radius 3 is 2.70 bits per heavy atom. The number of nitrogens with zero attached hydrogens (tertiary/aromatic N) is 5. The van der Waals surface area contributed by atoms with E-state index in [1.165, 1.54) is 10.8 Å². The molecule has 0 radical (unpaired) electrons. The van der Waals surface area contributed by atoms with E-state index in [1.807, 2.05) is 23.7 Å². The number of hydrogen-bond acceptors (Lipinski definition) is 5. The molecule has 174 valence electrons. The summed E-state index contributed by atoms with van der Waals surface area (Å²) in [6.45, 7) is 0.435. The number of imidazole rings is 1. The zero-order valence-corrected chi connectivity index (χ0v) is 17.8. The van der Waals surface area contributed by atoms with Crippen LogP contribution in [0.3, 0.4) is 0 Å². The number of hydrogen-bond donors (Lipinski definition) is 1. The van der Waals surface area contributed by atoms with Crippen LogP contribution in [0.4, 0.5) is 13.2 Å². The summed E-state index contributed by atoms with van der Waals surface area (Å²) in [6, 6.07) is 7.20. The van der Waals surface area contributed by atoms with Gasteiger partial charge in [0.15, 0.2) is 0 Å². The van der Waals surface area contributed by atoms with Crippen molar-refractivity contribution in [3.63, 3.8) is 0 Å². The standard InChI is InChI=1S/C22H22F3N5O3/c1-28-13-26-27-19(28)7-21(11-33-12-21)15-3-2-4-16(6-15)29-9-18-17(22(23,24)25)5-14(10-31)8-30(18)20(29)32/h2-6,9,13-14,31H,7-8,10-12H2,1H3. The van der Waals surface area contributed by atoms with Gasteiger partial charge in [0, 0.05) is 37.5 Å². The molecule has 0 bridgehead atoms. The summed E-state index contributed by atoms with van der Waals surface area (Å²) in [7, 11) is 1.86. The van der Waals surface area contributed by atoms with Gasteiger partial charge in [-0.05, 0) is 17.7 Å². The average molecular weight is 461 g/mol. The molecule has 5 rings (SSSR count). The first-order valence-electron chi connectivity index (χ1n) is 10.5. The lowest BCUT2D eigenvalue weighted by molar-refractivity contribution is -0.0702. The van der Waals surface area contributed by atoms with Crippen LogP contribution < -0.4 is 5.69 Å². The molecule has 0 amide bonds. The molecular weight excluding hydrogens is 439 g/mol. The minimum absolute atomic E-state index is 0.0130. The van der Waals surface area contributed by atoms with Crippen molar-refractivity contribution < 1.29 is 23.0 Å². The summed E-state index contributed by atoms with van der Waals surface area (Å²) < 4.78 is 50.6. The van der Waals surface area contributed by atoms with E-state index in [0.29, 0.717) is 25.3 Å². The molecule has 1 fully saturated rings. The lowest BCUT2D eigenvalue weighted by Gasteiger charge is -2.41. The van der Waals surface area contributed by atoms with Gasteiger partial charge in [-0.1, -0.05) is 18.2 Å². The molecule has 2 aromatic heterocycles. The second-order valence-corrected chi connectivity index (χ2v) is 8.66. The topological polar surface area (TPSA) is 87.1 Å². The van der Waals surface area contributed by atoms with Crippen LogP contribution in [0.1, 0.15) is 17.1 Å². The summed E-state index contributed by atoms with van der Waals surface area (Å²) in [5.74, 6) is 0.00556. The van der Waals surface area contributed by atoms with Crippen molar-refractivity contribution in [2.24, 2.45) is 13.0 Å². The maximum absolute atomic E-state index is 13.7. The van der Waals surface area contributed by atoms with E-state index < -0.39 is 30.0 Å². The summed E-state index contributed by atoms with van der Waals surface area (Å²) in [5, 5.41) is 17.5. The van der Waals surface area contributed by atoms with Crippen molar-refractivity contribution in [2.45, 2.75) is 24.6 Å². The van der Waals surface area contributed by atoms with Gasteiger partial charge in [-0.25, -0.2) is 4.79 Å². The van der Waals surface area contributed by atoms with Gasteiger partial charge >= 0.3 is 11.9 Å². The lowest BCUT2D eigenvalue weighted by Crippen LogP contribution is -2.49. The van der Waals surface area contributed by atoms with Gasteiger partial charge in [-0.15, -0.1) is 10.2 Å². The molecule has 8 nitrogen and oxygen atoms in total. The molecular formula is C22H22F3N5O3. The summed E-state index contributed by atoms with van der Waals surface area (Å²) in [5.41, 5.74) is -0.688. The number of aryl methyl sites for hydroxylation is 1. The van der Waals surface area contributed by atoms with E-state index in [4.69, 9.17) is 4.74 Å². The molecule has 1 atom stereocenters. The second kappa shape index (κ2) is 7.70. The second-order valence-electron chi connectivity index (χ2n) is 8.66. The van der Waals surface area contributed by atoms with Crippen molar-refractivity contribution >= 4 is 5.57 Å². The molecule has 3 aromatic rings. The maximum Gasteiger partial charge on any atom is 0.418 e. The molecule has 1 unspecified atom stereocenters. The fourth-order valence-corrected chi connectivity index (χ4v) is 4.49. The van der Waals surface area contributed by atoms with E-state index in [0.717, 1.165) is 22.0 Å². The number of aliphatic hydroxyl groups excluding tert-OH is 1. The highest BCUT2D eigenvalue weighted by Gasteiger charge is 2.42. The van der Waals surface area contributed by atoms with Crippen LogP contribution in [0.5, 0.6) is 0 Å². The fraction of sp³-hybridized carbons (Fsp3) is 0.409. The smallest absolute Gasteiger partial charge is 0.396 e. The third kappa shape index (κ3) is 3.61. The first-order chi connectivity index (χ1) is 15.7. The van der Waals surface area contributed by atoms with Gasteiger partial charge in [0.25, 0.3) is 0 Å². The summed E-state index contributed by atoms with van der Waals surface area (Å²) >= 11 is 0. The number of halogens is 3. The van der Waals surface area contributed by atoms with Crippen LogP contribution >= 0.6 is 0 Å². The number of aromatic nitrogens is 5. The van der Waals surface area contributed by atoms with E-state index >= 15 is 0 Å². The van der Waals surface area contributed by atoms with Gasteiger partial charge in [0.1, 0.15) is 12.2 Å². The Hall–Kier alpha value is -3.18. The van der Waals surface area contributed by atoms with Gasteiger partial charge in [-0.3, -0.25) is 9.13 Å². The Morgan fingerprint density at radius 1 is 1.30 bits per heavy atom. The predicted molar refractivity (Wildman–Crippen MR) is 112 cm³/mol. The van der Waals surface area contributed by atoms with Gasteiger partial charge in [0.05, 0.1) is 36.8 Å². The van der Waals surface area contributed by atoms with Crippen molar-refractivity contribution in [1.29, 1.82) is 0 Å². The minimum Gasteiger partial charge on any atom is -0.396 e. The zero-order valence-electron chi connectivity index (χ0n) is 17.8. The first kappa shape index (κ1) is 21.7. The van der Waals surface area contributed by atoms with Crippen LogP contribution in [-0.2, 0) is 30.2 Å². The highest BCUT2D eigenvalue weighted by molar-refractivity contribution is 5.68. The fourth-order valence-electron chi connectivity index (χ4n) is 4.49. The van der Waals surface area contributed by atoms with Crippen molar-refractivity contribution in [1.82, 2.24) is 23.9 Å². The maximum atomic E-state index is 13.7. The van der Waals surface area contributed by atoms with Crippen LogP contribution in [0, 0.1) is 5.92 Å². The molecule has 2 aliphatic rings. The molecule has 0 aliphatic carbocycles. The van der Waals surface area contributed by atoms with E-state index in [-0.39, 0.29) is 17.7 Å². The molecule has 4 heterocycles. The van der Waals surface area contributed by atoms with E-state index in [2.05, 4.69) is 10.2 Å². The third-order valence-electron chi connectivity index (χ3n) is 6.41. The number of aliphatic hydroxyl groups is 1. The molecule has 1 aromatic carbocycles. The van der Waals surface area contributed by atoms with E-state index in [1.54, 1.807) is 18.5 Å². The molecule has 33 heavy (non-hydrogen) atoms. The largest absolute Gasteiger partial charge is 0.418 e. The van der Waals surface area contributed by atoms with Crippen molar-refractivity contribution in [3.8, 4) is 5.69 Å². The van der Waals surface area contributed by atoms with Crippen LogP contribution in [0.25, 0.3) is 11.3 Å². The number of fused-ring (bicyclic) bond motifs is 1. The number of benzene rings is 1. The molecule has 11 heteroatoms. The van der Waals surface area contributed by atoms with Gasteiger partial charge < -0.3 is 14.4 Å². The number of ether oxygens (including phenoxy) is 1. The molecule has 0 spiro atoms. The number of allylic oxidation sites excluding steroid dienone is 1. The van der Waals surface area contributed by atoms with Crippen LogP contribution in [0.15, 0.2) is 47.7 Å². The van der Waals surface area contributed by atoms with Crippen molar-refractivity contribution in [3.05, 3.63) is 70.4 Å². The summed E-state index contributed by atoms with van der Waals surface area (Å²) in [4.78, 5) is 13.1. The zero-order chi connectivity index (χ0) is 23.4. The Balaban J connectivity index is 1.56. The SMILES string of the molecule is Cn1cnnc1CC1(c2cccc(-n3cc4n(c3=O)CC(CO)C=C4C(F)(F)F)c2)COC1. The van der Waals surface area contributed by atoms with Crippen molar-refractivity contribution in [2.75, 3.05) is 19.8 Å². The normalized spacial score (nSPS) is 19.7. The molecule has 1 N–H and O–H groups in total. The van der Waals surface area contributed by atoms with E-state index in [9.17, 15) is 23.1 Å². The molecule has 1 saturated heterocycles. The average Bonchev–Trinajstić information content (AvgIpc) is 3.32. The Bertz CT molecular complexity index is 1280. The van der Waals surface area contributed by atoms with Gasteiger partial charge in [-0.2, -0.15) is 13.2 Å². The predicted octanol–water partition coefficient (Wildman–Crippen LogP) is 1.85. The molecule has 2 aliphatic heterocycles. The highest BCUT2D eigenvalue weighted by Crippen LogP contribution is 2.38. The quantitative estimate of drug-likeness (QED) is 0.627.